The summed E-state index contributed by atoms with van der Waals surface area (Å²) in [6.07, 6.45) is 0. The second-order valence-corrected chi connectivity index (χ2v) is 15.5. The normalized spacial score (nSPS) is 11.8. The van der Waals surface area contributed by atoms with Crippen molar-refractivity contribution in [2.24, 2.45) is 0 Å². The van der Waals surface area contributed by atoms with Gasteiger partial charge in [-0.15, -0.1) is 0 Å². The molecule has 1 aliphatic carbocycles. The molecule has 0 bridgehead atoms. The van der Waals surface area contributed by atoms with E-state index >= 15 is 0 Å². The molecule has 0 aliphatic heterocycles. The Morgan fingerprint density at radius 3 is 1.00 bits per heavy atom. The van der Waals surface area contributed by atoms with E-state index in [0.717, 1.165) is 0 Å². The van der Waals surface area contributed by atoms with Crippen LogP contribution in [0.1, 0.15) is 0 Å². The van der Waals surface area contributed by atoms with Crippen LogP contribution in [0.15, 0.2) is 218 Å². The van der Waals surface area contributed by atoms with Gasteiger partial charge in [0.15, 0.2) is 0 Å². The van der Waals surface area contributed by atoms with Crippen molar-refractivity contribution in [3.05, 3.63) is 218 Å². The maximum atomic E-state index is 2.47. The van der Waals surface area contributed by atoms with E-state index in [1.165, 1.54) is 121 Å². The first kappa shape index (κ1) is 32.7. The minimum atomic E-state index is 1.20. The van der Waals surface area contributed by atoms with Crippen molar-refractivity contribution < 1.29 is 0 Å². The molecule has 0 heteroatoms. The molecule has 11 aromatic rings. The Bertz CT molecular complexity index is 3390. The largest absolute Gasteiger partial charge is 0.0622 e. The summed E-state index contributed by atoms with van der Waals surface area (Å²) in [6.45, 7) is 0. The summed E-state index contributed by atoms with van der Waals surface area (Å²) in [4.78, 5) is 0. The lowest BCUT2D eigenvalue weighted by molar-refractivity contribution is 1.61. The average molecular weight is 733 g/mol. The molecule has 58 heavy (non-hydrogen) atoms. The van der Waals surface area contributed by atoms with Gasteiger partial charge in [-0.1, -0.05) is 206 Å². The third-order valence-electron chi connectivity index (χ3n) is 12.4. The molecule has 0 amide bonds. The molecular weight excluding hydrogens is 697 g/mol. The molecule has 0 heterocycles. The first-order valence-electron chi connectivity index (χ1n) is 20.2. The Hall–Kier alpha value is -7.54. The van der Waals surface area contributed by atoms with E-state index in [1.54, 1.807) is 0 Å². The first-order chi connectivity index (χ1) is 28.8. The predicted octanol–water partition coefficient (Wildman–Crippen LogP) is 16.3. The number of hydrogen-bond donors (Lipinski definition) is 0. The molecule has 0 N–H and O–H groups in total. The Morgan fingerprint density at radius 2 is 0.534 bits per heavy atom. The zero-order chi connectivity index (χ0) is 38.2. The summed E-state index contributed by atoms with van der Waals surface area (Å²) >= 11 is 0. The van der Waals surface area contributed by atoms with Gasteiger partial charge < -0.3 is 0 Å². The smallest absolute Gasteiger partial charge is 0.000741 e. The van der Waals surface area contributed by atoms with Crippen LogP contribution in [-0.2, 0) is 0 Å². The van der Waals surface area contributed by atoms with Gasteiger partial charge in [-0.3, -0.25) is 0 Å². The van der Waals surface area contributed by atoms with Crippen molar-refractivity contribution in [2.45, 2.75) is 0 Å². The van der Waals surface area contributed by atoms with Crippen LogP contribution in [0.2, 0.25) is 0 Å². The van der Waals surface area contributed by atoms with Gasteiger partial charge in [-0.05, 0) is 133 Å². The molecule has 0 spiro atoms. The lowest BCUT2D eigenvalue weighted by Crippen LogP contribution is -1.94. The van der Waals surface area contributed by atoms with Gasteiger partial charge in [-0.2, -0.15) is 0 Å². The highest BCUT2D eigenvalue weighted by Gasteiger charge is 2.30. The van der Waals surface area contributed by atoms with Crippen molar-refractivity contribution >= 4 is 43.1 Å². The summed E-state index contributed by atoms with van der Waals surface area (Å²) in [5.74, 6) is 0. The van der Waals surface area contributed by atoms with Crippen LogP contribution in [0.5, 0.6) is 0 Å². The number of rotatable bonds is 5. The summed E-state index contributed by atoms with van der Waals surface area (Å²) in [5, 5.41) is 10.2. The van der Waals surface area contributed by atoms with Crippen LogP contribution >= 0.6 is 0 Å². The Labute approximate surface area is 337 Å². The van der Waals surface area contributed by atoms with Gasteiger partial charge in [0.25, 0.3) is 0 Å². The van der Waals surface area contributed by atoms with Crippen molar-refractivity contribution in [2.75, 3.05) is 0 Å². The lowest BCUT2D eigenvalue weighted by atomic mass is 9.81. The van der Waals surface area contributed by atoms with E-state index in [9.17, 15) is 0 Å². The second-order valence-electron chi connectivity index (χ2n) is 15.5. The molecule has 0 radical (unpaired) electrons. The fourth-order valence-electron chi connectivity index (χ4n) is 9.96. The quantitative estimate of drug-likeness (QED) is 0.155. The van der Waals surface area contributed by atoms with E-state index in [4.69, 9.17) is 0 Å². The SMILES string of the molecule is c1ccc(-c2c3c(c(-c4ccccc4)c4cc(-c5ccc6c(-c7ccccc7)c7ccccc7c(-c7ccccc7)c6c5)ccc24)-c2cccc4cccc-3c24)cc1. The van der Waals surface area contributed by atoms with E-state index in [1.807, 2.05) is 0 Å². The van der Waals surface area contributed by atoms with Crippen LogP contribution in [0.25, 0.3) is 121 Å². The maximum Gasteiger partial charge on any atom is -0.000741 e. The van der Waals surface area contributed by atoms with Crippen molar-refractivity contribution in [1.29, 1.82) is 0 Å². The fourth-order valence-corrected chi connectivity index (χ4v) is 9.96. The number of fused-ring (bicyclic) bond motifs is 6. The van der Waals surface area contributed by atoms with Gasteiger partial charge in [0.2, 0.25) is 0 Å². The average Bonchev–Trinajstić information content (AvgIpc) is 3.63. The minimum Gasteiger partial charge on any atom is -0.0622 e. The molecule has 1 aliphatic rings. The molecule has 12 rings (SSSR count). The van der Waals surface area contributed by atoms with Crippen LogP contribution in [0.3, 0.4) is 0 Å². The number of hydrogen-bond acceptors (Lipinski definition) is 0. The van der Waals surface area contributed by atoms with Gasteiger partial charge in [0, 0.05) is 0 Å². The van der Waals surface area contributed by atoms with Crippen LogP contribution in [0.4, 0.5) is 0 Å². The van der Waals surface area contributed by atoms with Crippen molar-refractivity contribution in [1.82, 2.24) is 0 Å². The monoisotopic (exact) mass is 732 g/mol. The fraction of sp³-hybridized carbons (Fsp3) is 0. The molecule has 0 nitrogen and oxygen atoms in total. The second kappa shape index (κ2) is 13.0. The molecule has 0 saturated carbocycles. The summed E-state index contributed by atoms with van der Waals surface area (Å²) in [6, 6.07) is 80.7. The van der Waals surface area contributed by atoms with Crippen LogP contribution in [-0.4, -0.2) is 0 Å². The Kier molecular flexibility index (Phi) is 7.33. The zero-order valence-electron chi connectivity index (χ0n) is 31.8. The topological polar surface area (TPSA) is 0 Å². The molecule has 0 fully saturated rings. The van der Waals surface area contributed by atoms with E-state index in [-0.39, 0.29) is 0 Å². The van der Waals surface area contributed by atoms with Crippen molar-refractivity contribution in [3.8, 4) is 77.9 Å². The van der Waals surface area contributed by atoms with E-state index in [0.29, 0.717) is 0 Å². The van der Waals surface area contributed by atoms with E-state index < -0.39 is 0 Å². The summed E-state index contributed by atoms with van der Waals surface area (Å²) in [7, 11) is 0. The molecule has 0 atom stereocenters. The van der Waals surface area contributed by atoms with Gasteiger partial charge >= 0.3 is 0 Å². The molecule has 268 valence electrons. The van der Waals surface area contributed by atoms with Gasteiger partial charge in [0.1, 0.15) is 0 Å². The van der Waals surface area contributed by atoms with Gasteiger partial charge in [-0.25, -0.2) is 0 Å². The maximum absolute atomic E-state index is 2.47. The predicted molar refractivity (Wildman–Crippen MR) is 248 cm³/mol. The molecule has 0 unspecified atom stereocenters. The third kappa shape index (κ3) is 4.89. The third-order valence-corrected chi connectivity index (χ3v) is 12.4. The van der Waals surface area contributed by atoms with E-state index in [2.05, 4.69) is 218 Å². The molecule has 0 aromatic heterocycles. The van der Waals surface area contributed by atoms with Crippen LogP contribution < -0.4 is 0 Å². The summed E-state index contributed by atoms with van der Waals surface area (Å²) < 4.78 is 0. The highest BCUT2D eigenvalue weighted by Crippen LogP contribution is 2.58. The molecular formula is C58H36. The lowest BCUT2D eigenvalue weighted by Gasteiger charge is -2.21. The Balaban J connectivity index is 1.20. The standard InChI is InChI=1S/C58H36/c1-5-17-37(18-6-1)52-44-27-13-14-28-45(44)53(38-19-7-2-8-20-38)50-35-42(31-33-46(50)52)43-32-34-47-51(36-43)56(41-23-11-4-12-24-41)58-49-30-16-26-39-25-15-29-48(54(39)49)57(58)55(47)40-21-9-3-10-22-40/h1-36H. The highest BCUT2D eigenvalue weighted by atomic mass is 14.3. The minimum absolute atomic E-state index is 1.20. The van der Waals surface area contributed by atoms with Crippen molar-refractivity contribution in [3.63, 3.8) is 0 Å². The molecule has 11 aromatic carbocycles. The Morgan fingerprint density at radius 1 is 0.190 bits per heavy atom. The molecule has 0 saturated heterocycles. The zero-order valence-corrected chi connectivity index (χ0v) is 31.8. The highest BCUT2D eigenvalue weighted by molar-refractivity contribution is 6.28. The van der Waals surface area contributed by atoms with Gasteiger partial charge in [0.05, 0.1) is 0 Å². The summed E-state index contributed by atoms with van der Waals surface area (Å²) in [5.41, 5.74) is 17.7. The number of benzene rings is 11. The van der Waals surface area contributed by atoms with Crippen LogP contribution in [0, 0.1) is 0 Å². The first-order valence-corrected chi connectivity index (χ1v) is 20.2.